The summed E-state index contributed by atoms with van der Waals surface area (Å²) in [6.45, 7) is 2.81. The molecule has 0 saturated heterocycles. The molecule has 2 N–H and O–H groups in total. The molecule has 1 amide bonds. The molecule has 0 unspecified atom stereocenters. The van der Waals surface area contributed by atoms with Gasteiger partial charge in [-0.25, -0.2) is 4.98 Å². The fourth-order valence-electron chi connectivity index (χ4n) is 2.07. The zero-order chi connectivity index (χ0) is 15.2. The number of aliphatic hydroxyl groups is 1. The first-order valence-corrected chi connectivity index (χ1v) is 8.19. The zero-order valence-corrected chi connectivity index (χ0v) is 13.2. The standard InChI is InChI=1S/C15H21N3O2S/c1-11-17-13-10-12(4-5-14(13)18(11)2)15(20)16-6-9-21-8-3-7-19/h4-5,10,19H,3,6-9H2,1-2H3,(H,16,20). The van der Waals surface area contributed by atoms with Gasteiger partial charge >= 0.3 is 0 Å². The third-order valence-electron chi connectivity index (χ3n) is 3.35. The van der Waals surface area contributed by atoms with E-state index in [1.807, 2.05) is 36.7 Å². The largest absolute Gasteiger partial charge is 0.396 e. The summed E-state index contributed by atoms with van der Waals surface area (Å²) in [5.41, 5.74) is 2.52. The Kier molecular flexibility index (Phi) is 5.64. The lowest BCUT2D eigenvalue weighted by molar-refractivity contribution is 0.0956. The van der Waals surface area contributed by atoms with Crippen molar-refractivity contribution < 1.29 is 9.90 Å². The fraction of sp³-hybridized carbons (Fsp3) is 0.467. The highest BCUT2D eigenvalue weighted by molar-refractivity contribution is 7.99. The SMILES string of the molecule is Cc1nc2cc(C(=O)NCCSCCCO)ccc2n1C. The Morgan fingerprint density at radius 2 is 2.24 bits per heavy atom. The second-order valence-corrected chi connectivity index (χ2v) is 6.09. The third kappa shape index (κ3) is 3.98. The first kappa shape index (κ1) is 15.9. The number of hydrogen-bond acceptors (Lipinski definition) is 4. The molecule has 1 aromatic heterocycles. The summed E-state index contributed by atoms with van der Waals surface area (Å²) >= 11 is 1.73. The van der Waals surface area contributed by atoms with Gasteiger partial charge in [0.05, 0.1) is 11.0 Å². The highest BCUT2D eigenvalue weighted by atomic mass is 32.2. The van der Waals surface area contributed by atoms with Crippen LogP contribution in [0.15, 0.2) is 18.2 Å². The maximum Gasteiger partial charge on any atom is 0.251 e. The lowest BCUT2D eigenvalue weighted by atomic mass is 10.2. The molecule has 0 aliphatic carbocycles. The van der Waals surface area contributed by atoms with Crippen molar-refractivity contribution >= 4 is 28.7 Å². The predicted octanol–water partition coefficient (Wildman–Crippen LogP) is 1.73. The van der Waals surface area contributed by atoms with Gasteiger partial charge in [0.25, 0.3) is 5.91 Å². The first-order chi connectivity index (χ1) is 10.1. The number of rotatable bonds is 7. The van der Waals surface area contributed by atoms with Crippen molar-refractivity contribution in [1.29, 1.82) is 0 Å². The third-order valence-corrected chi connectivity index (χ3v) is 4.42. The van der Waals surface area contributed by atoms with Crippen LogP contribution in [0.25, 0.3) is 11.0 Å². The molecule has 0 aliphatic heterocycles. The summed E-state index contributed by atoms with van der Waals surface area (Å²) in [6.07, 6.45) is 0.800. The Bertz CT molecular complexity index is 625. The van der Waals surface area contributed by atoms with E-state index in [-0.39, 0.29) is 12.5 Å². The summed E-state index contributed by atoms with van der Waals surface area (Å²) < 4.78 is 2.01. The number of thioether (sulfide) groups is 1. The number of amides is 1. The molecule has 0 spiro atoms. The van der Waals surface area contributed by atoms with Crippen molar-refractivity contribution in [3.8, 4) is 0 Å². The van der Waals surface area contributed by atoms with E-state index in [9.17, 15) is 4.79 Å². The number of benzene rings is 1. The van der Waals surface area contributed by atoms with Crippen LogP contribution in [-0.4, -0.2) is 45.2 Å². The van der Waals surface area contributed by atoms with Crippen molar-refractivity contribution in [2.75, 3.05) is 24.7 Å². The molecule has 0 fully saturated rings. The Morgan fingerprint density at radius 1 is 1.43 bits per heavy atom. The molecule has 2 rings (SSSR count). The van der Waals surface area contributed by atoms with Crippen molar-refractivity contribution in [3.63, 3.8) is 0 Å². The van der Waals surface area contributed by atoms with E-state index in [4.69, 9.17) is 5.11 Å². The molecule has 5 nitrogen and oxygen atoms in total. The van der Waals surface area contributed by atoms with Gasteiger partial charge in [-0.3, -0.25) is 4.79 Å². The second-order valence-electron chi connectivity index (χ2n) is 4.87. The number of nitrogens with one attached hydrogen (secondary N) is 1. The maximum absolute atomic E-state index is 12.1. The van der Waals surface area contributed by atoms with Crippen LogP contribution in [0.3, 0.4) is 0 Å². The van der Waals surface area contributed by atoms with Crippen LogP contribution in [0.2, 0.25) is 0 Å². The Balaban J connectivity index is 1.90. The number of carbonyl (C=O) groups excluding carboxylic acids is 1. The minimum atomic E-state index is -0.0667. The van der Waals surface area contributed by atoms with Crippen LogP contribution in [0.4, 0.5) is 0 Å². The van der Waals surface area contributed by atoms with E-state index in [0.717, 1.165) is 34.8 Å². The molecule has 0 saturated carbocycles. The minimum absolute atomic E-state index is 0.0667. The number of nitrogens with zero attached hydrogens (tertiary/aromatic N) is 2. The Hall–Kier alpha value is -1.53. The van der Waals surface area contributed by atoms with Gasteiger partial charge in [-0.15, -0.1) is 0 Å². The lowest BCUT2D eigenvalue weighted by Gasteiger charge is -2.05. The van der Waals surface area contributed by atoms with Crippen molar-refractivity contribution in [2.45, 2.75) is 13.3 Å². The molecule has 6 heteroatoms. The number of aromatic nitrogens is 2. The number of carbonyl (C=O) groups is 1. The minimum Gasteiger partial charge on any atom is -0.396 e. The molecular weight excluding hydrogens is 286 g/mol. The van der Waals surface area contributed by atoms with Crippen molar-refractivity contribution in [1.82, 2.24) is 14.9 Å². The second kappa shape index (κ2) is 7.47. The van der Waals surface area contributed by atoms with Gasteiger partial charge in [0, 0.05) is 31.5 Å². The monoisotopic (exact) mass is 307 g/mol. The summed E-state index contributed by atoms with van der Waals surface area (Å²) in [7, 11) is 1.97. The van der Waals surface area contributed by atoms with Crippen molar-refractivity contribution in [2.24, 2.45) is 7.05 Å². The van der Waals surface area contributed by atoms with Crippen molar-refractivity contribution in [3.05, 3.63) is 29.6 Å². The topological polar surface area (TPSA) is 67.2 Å². The summed E-state index contributed by atoms with van der Waals surface area (Å²) in [4.78, 5) is 16.5. The lowest BCUT2D eigenvalue weighted by Crippen LogP contribution is -2.25. The quantitative estimate of drug-likeness (QED) is 0.765. The molecular formula is C15H21N3O2S. The number of fused-ring (bicyclic) bond motifs is 1. The molecule has 1 aromatic carbocycles. The molecule has 0 radical (unpaired) electrons. The molecule has 21 heavy (non-hydrogen) atoms. The average molecular weight is 307 g/mol. The van der Waals surface area contributed by atoms with E-state index < -0.39 is 0 Å². The van der Waals surface area contributed by atoms with Gasteiger partial charge in [-0.2, -0.15) is 11.8 Å². The van der Waals surface area contributed by atoms with Gasteiger partial charge in [0.2, 0.25) is 0 Å². The summed E-state index contributed by atoms with van der Waals surface area (Å²) in [5, 5.41) is 11.6. The molecule has 0 atom stereocenters. The van der Waals surface area contributed by atoms with Crippen LogP contribution >= 0.6 is 11.8 Å². The molecule has 0 aliphatic rings. The Labute approximate surface area is 128 Å². The Morgan fingerprint density at radius 3 is 3.00 bits per heavy atom. The van der Waals surface area contributed by atoms with Gasteiger partial charge in [0.1, 0.15) is 5.82 Å². The number of aliphatic hydroxyl groups excluding tert-OH is 1. The van der Waals surface area contributed by atoms with E-state index in [0.29, 0.717) is 12.1 Å². The van der Waals surface area contributed by atoms with Crippen LogP contribution in [0.1, 0.15) is 22.6 Å². The van der Waals surface area contributed by atoms with E-state index in [1.54, 1.807) is 11.8 Å². The smallest absolute Gasteiger partial charge is 0.251 e. The van der Waals surface area contributed by atoms with Gasteiger partial charge in [0.15, 0.2) is 0 Å². The van der Waals surface area contributed by atoms with Gasteiger partial charge in [-0.05, 0) is 37.3 Å². The fourth-order valence-corrected chi connectivity index (χ4v) is 2.85. The molecule has 0 bridgehead atoms. The normalized spacial score (nSPS) is 11.0. The van der Waals surface area contributed by atoms with Crippen LogP contribution in [0.5, 0.6) is 0 Å². The van der Waals surface area contributed by atoms with E-state index in [1.165, 1.54) is 0 Å². The number of aryl methyl sites for hydroxylation is 2. The predicted molar refractivity (Wildman–Crippen MR) is 86.8 cm³/mol. The highest BCUT2D eigenvalue weighted by Gasteiger charge is 2.09. The van der Waals surface area contributed by atoms with E-state index in [2.05, 4.69) is 10.3 Å². The highest BCUT2D eigenvalue weighted by Crippen LogP contribution is 2.16. The number of imidazole rings is 1. The van der Waals surface area contributed by atoms with Crippen LogP contribution < -0.4 is 5.32 Å². The molecule has 114 valence electrons. The first-order valence-electron chi connectivity index (χ1n) is 7.03. The average Bonchev–Trinajstić information content (AvgIpc) is 2.77. The zero-order valence-electron chi connectivity index (χ0n) is 12.4. The summed E-state index contributed by atoms with van der Waals surface area (Å²) in [5.74, 6) is 2.65. The maximum atomic E-state index is 12.1. The van der Waals surface area contributed by atoms with Gasteiger partial charge < -0.3 is 15.0 Å². The molecule has 2 aromatic rings. The summed E-state index contributed by atoms with van der Waals surface area (Å²) in [6, 6.07) is 5.59. The van der Waals surface area contributed by atoms with Crippen LogP contribution in [-0.2, 0) is 7.05 Å². The van der Waals surface area contributed by atoms with E-state index >= 15 is 0 Å². The number of hydrogen-bond donors (Lipinski definition) is 2. The molecule has 1 heterocycles. The van der Waals surface area contributed by atoms with Crippen LogP contribution in [0, 0.1) is 6.92 Å². The van der Waals surface area contributed by atoms with Gasteiger partial charge in [-0.1, -0.05) is 0 Å².